The fourth-order valence-electron chi connectivity index (χ4n) is 2.95. The Labute approximate surface area is 186 Å². The Balaban J connectivity index is 1.56. The Hall–Kier alpha value is -2.95. The largest absolute Gasteiger partial charge is 0.478 e. The fourth-order valence-corrected chi connectivity index (χ4v) is 3.91. The molecular formula is C20H20ClN3O6S. The Morgan fingerprint density at radius 1 is 1.23 bits per heavy atom. The van der Waals surface area contributed by atoms with Crippen LogP contribution < -0.4 is 10.6 Å². The number of hydrogen-bond acceptors (Lipinski definition) is 6. The van der Waals surface area contributed by atoms with Crippen molar-refractivity contribution in [1.82, 2.24) is 10.2 Å². The number of ether oxygens (including phenoxy) is 1. The summed E-state index contributed by atoms with van der Waals surface area (Å²) in [5.74, 6) is -2.06. The SMILES string of the molecule is O=C(CCNC(=O)c1ccc(Cl)s1)Nc1ccc(CN2CCOCC2=O)c(C(=O)O)c1. The maximum Gasteiger partial charge on any atom is 0.336 e. The summed E-state index contributed by atoms with van der Waals surface area (Å²) < 4.78 is 5.58. The second kappa shape index (κ2) is 10.4. The number of carbonyl (C=O) groups excluding carboxylic acids is 3. The number of thiophene rings is 1. The van der Waals surface area contributed by atoms with Crippen molar-refractivity contribution >= 4 is 52.3 Å². The lowest BCUT2D eigenvalue weighted by molar-refractivity contribution is -0.143. The number of morpholine rings is 1. The van der Waals surface area contributed by atoms with Gasteiger partial charge in [-0.3, -0.25) is 14.4 Å². The highest BCUT2D eigenvalue weighted by Crippen LogP contribution is 2.21. The summed E-state index contributed by atoms with van der Waals surface area (Å²) in [6.07, 6.45) is 0.0112. The van der Waals surface area contributed by atoms with Gasteiger partial charge >= 0.3 is 5.97 Å². The number of halogens is 1. The van der Waals surface area contributed by atoms with Crippen molar-refractivity contribution in [2.75, 3.05) is 31.6 Å². The smallest absolute Gasteiger partial charge is 0.336 e. The third kappa shape index (κ3) is 6.27. The molecule has 0 bridgehead atoms. The number of amides is 3. The Bertz CT molecular complexity index is 1010. The molecule has 0 spiro atoms. The molecule has 11 heteroatoms. The molecule has 164 valence electrons. The molecule has 1 saturated heterocycles. The van der Waals surface area contributed by atoms with Gasteiger partial charge in [-0.15, -0.1) is 11.3 Å². The number of nitrogens with one attached hydrogen (secondary N) is 2. The first-order valence-corrected chi connectivity index (χ1v) is 10.6. The standard InChI is InChI=1S/C20H20ClN3O6S/c21-16-4-3-15(31-16)19(27)22-6-5-17(25)23-13-2-1-12(14(9-13)20(28)29)10-24-7-8-30-11-18(24)26/h1-4,9H,5-8,10-11H2,(H,22,27)(H,23,25)(H,28,29). The lowest BCUT2D eigenvalue weighted by Crippen LogP contribution is -2.41. The van der Waals surface area contributed by atoms with Gasteiger partial charge in [0.25, 0.3) is 5.91 Å². The average Bonchev–Trinajstić information content (AvgIpc) is 3.17. The van der Waals surface area contributed by atoms with Crippen LogP contribution in [0.1, 0.15) is 32.0 Å². The molecule has 2 aromatic rings. The molecule has 3 N–H and O–H groups in total. The van der Waals surface area contributed by atoms with Crippen molar-refractivity contribution in [3.05, 3.63) is 50.7 Å². The number of carboxylic acids is 1. The highest BCUT2D eigenvalue weighted by molar-refractivity contribution is 7.18. The molecule has 1 aromatic carbocycles. The van der Waals surface area contributed by atoms with E-state index in [4.69, 9.17) is 16.3 Å². The van der Waals surface area contributed by atoms with Crippen LogP contribution in [0.15, 0.2) is 30.3 Å². The first kappa shape index (κ1) is 22.7. The maximum atomic E-state index is 12.2. The van der Waals surface area contributed by atoms with Crippen molar-refractivity contribution in [2.24, 2.45) is 0 Å². The van der Waals surface area contributed by atoms with Crippen molar-refractivity contribution < 1.29 is 29.0 Å². The normalized spacial score (nSPS) is 13.7. The van der Waals surface area contributed by atoms with E-state index < -0.39 is 5.97 Å². The van der Waals surface area contributed by atoms with Gasteiger partial charge in [0.1, 0.15) is 6.61 Å². The highest BCUT2D eigenvalue weighted by Gasteiger charge is 2.21. The summed E-state index contributed by atoms with van der Waals surface area (Å²) in [5.41, 5.74) is 0.776. The van der Waals surface area contributed by atoms with E-state index >= 15 is 0 Å². The van der Waals surface area contributed by atoms with Crippen LogP contribution in [0.4, 0.5) is 5.69 Å². The summed E-state index contributed by atoms with van der Waals surface area (Å²) in [5, 5.41) is 14.8. The number of carbonyl (C=O) groups is 4. The Morgan fingerprint density at radius 2 is 2.03 bits per heavy atom. The lowest BCUT2D eigenvalue weighted by atomic mass is 10.1. The number of benzene rings is 1. The van der Waals surface area contributed by atoms with Crippen molar-refractivity contribution in [1.29, 1.82) is 0 Å². The van der Waals surface area contributed by atoms with Gasteiger partial charge in [-0.05, 0) is 29.8 Å². The van der Waals surface area contributed by atoms with Crippen molar-refractivity contribution in [3.63, 3.8) is 0 Å². The van der Waals surface area contributed by atoms with E-state index in [1.54, 1.807) is 24.3 Å². The summed E-state index contributed by atoms with van der Waals surface area (Å²) in [4.78, 5) is 49.7. The molecule has 3 amide bonds. The fraction of sp³-hybridized carbons (Fsp3) is 0.300. The van der Waals surface area contributed by atoms with Gasteiger partial charge in [0.2, 0.25) is 11.8 Å². The average molecular weight is 466 g/mol. The molecule has 0 atom stereocenters. The van der Waals surface area contributed by atoms with Crippen LogP contribution >= 0.6 is 22.9 Å². The number of hydrogen-bond donors (Lipinski definition) is 3. The molecule has 3 rings (SSSR count). The van der Waals surface area contributed by atoms with Crippen LogP contribution in [0, 0.1) is 0 Å². The van der Waals surface area contributed by atoms with Crippen molar-refractivity contribution in [2.45, 2.75) is 13.0 Å². The molecule has 0 radical (unpaired) electrons. The highest BCUT2D eigenvalue weighted by atomic mass is 35.5. The molecule has 0 aliphatic carbocycles. The molecule has 0 saturated carbocycles. The minimum atomic E-state index is -1.16. The van der Waals surface area contributed by atoms with Gasteiger partial charge in [0.15, 0.2) is 0 Å². The van der Waals surface area contributed by atoms with E-state index in [0.717, 1.165) is 11.3 Å². The van der Waals surface area contributed by atoms with Crippen LogP contribution in [-0.4, -0.2) is 60.0 Å². The predicted octanol–water partition coefficient (Wildman–Crippen LogP) is 2.22. The number of carboxylic acid groups (broad SMARTS) is 1. The number of nitrogens with zero attached hydrogens (tertiary/aromatic N) is 1. The van der Waals surface area contributed by atoms with E-state index in [1.807, 2.05) is 0 Å². The zero-order chi connectivity index (χ0) is 22.4. The predicted molar refractivity (Wildman–Crippen MR) is 115 cm³/mol. The lowest BCUT2D eigenvalue weighted by Gasteiger charge is -2.27. The molecule has 1 aromatic heterocycles. The topological polar surface area (TPSA) is 125 Å². The van der Waals surface area contributed by atoms with Crippen LogP contribution in [-0.2, 0) is 20.9 Å². The van der Waals surface area contributed by atoms with Crippen LogP contribution in [0.25, 0.3) is 0 Å². The van der Waals surface area contributed by atoms with E-state index in [0.29, 0.717) is 33.6 Å². The molecule has 2 heterocycles. The number of anilines is 1. The second-order valence-electron chi connectivity index (χ2n) is 6.70. The van der Waals surface area contributed by atoms with E-state index in [9.17, 15) is 24.3 Å². The molecule has 0 unspecified atom stereocenters. The minimum absolute atomic E-state index is 0.0000290. The van der Waals surface area contributed by atoms with Crippen LogP contribution in [0.3, 0.4) is 0 Å². The molecule has 1 fully saturated rings. The number of rotatable bonds is 8. The summed E-state index contributed by atoms with van der Waals surface area (Å²) >= 11 is 6.94. The van der Waals surface area contributed by atoms with Crippen LogP contribution in [0.2, 0.25) is 4.34 Å². The molecule has 9 nitrogen and oxygen atoms in total. The molecule has 31 heavy (non-hydrogen) atoms. The van der Waals surface area contributed by atoms with Gasteiger partial charge in [-0.1, -0.05) is 17.7 Å². The van der Waals surface area contributed by atoms with E-state index in [2.05, 4.69) is 10.6 Å². The summed E-state index contributed by atoms with van der Waals surface area (Å²) in [6.45, 7) is 1.03. The third-order valence-corrected chi connectivity index (χ3v) is 5.73. The monoisotopic (exact) mass is 465 g/mol. The second-order valence-corrected chi connectivity index (χ2v) is 8.42. The van der Waals surface area contributed by atoms with Crippen LogP contribution in [0.5, 0.6) is 0 Å². The summed E-state index contributed by atoms with van der Waals surface area (Å²) in [7, 11) is 0. The maximum absolute atomic E-state index is 12.2. The number of aromatic carboxylic acids is 1. The molecule has 1 aliphatic heterocycles. The zero-order valence-corrected chi connectivity index (χ0v) is 17.9. The van der Waals surface area contributed by atoms with Crippen molar-refractivity contribution in [3.8, 4) is 0 Å². The zero-order valence-electron chi connectivity index (χ0n) is 16.4. The first-order valence-electron chi connectivity index (χ1n) is 9.38. The summed E-state index contributed by atoms with van der Waals surface area (Å²) in [6, 6.07) is 7.72. The van der Waals surface area contributed by atoms with Gasteiger partial charge in [-0.25, -0.2) is 4.79 Å². The van der Waals surface area contributed by atoms with E-state index in [-0.39, 0.29) is 49.4 Å². The van der Waals surface area contributed by atoms with Gasteiger partial charge in [0.05, 0.1) is 21.4 Å². The Morgan fingerprint density at radius 3 is 2.71 bits per heavy atom. The molecule has 1 aliphatic rings. The van der Waals surface area contributed by atoms with Gasteiger partial charge < -0.3 is 25.4 Å². The van der Waals surface area contributed by atoms with Gasteiger partial charge in [0, 0.05) is 31.7 Å². The van der Waals surface area contributed by atoms with E-state index in [1.165, 1.54) is 11.0 Å². The minimum Gasteiger partial charge on any atom is -0.478 e. The quantitative estimate of drug-likeness (QED) is 0.549. The molecular weight excluding hydrogens is 446 g/mol. The third-order valence-electron chi connectivity index (χ3n) is 4.50. The first-order chi connectivity index (χ1) is 14.8. The Kier molecular flexibility index (Phi) is 7.61. The van der Waals surface area contributed by atoms with Gasteiger partial charge in [-0.2, -0.15) is 0 Å².